The van der Waals surface area contributed by atoms with Gasteiger partial charge >= 0.3 is 0 Å². The third kappa shape index (κ3) is 7.76. The third-order valence-corrected chi connectivity index (χ3v) is 5.41. The van der Waals surface area contributed by atoms with Crippen molar-refractivity contribution in [1.82, 2.24) is 0 Å². The van der Waals surface area contributed by atoms with Gasteiger partial charge in [-0.2, -0.15) is 0 Å². The number of hydrogen-bond donors (Lipinski definition) is 6. The minimum Gasteiger partial charge on any atom is -0.394 e. The van der Waals surface area contributed by atoms with Crippen LogP contribution >= 0.6 is 0 Å². The van der Waals surface area contributed by atoms with E-state index in [1.807, 2.05) is 84.9 Å². The minimum atomic E-state index is -1.67. The average Bonchev–Trinajstić information content (AvgIpc) is 2.95. The molecular weight excluding hydrogens is 464 g/mol. The highest BCUT2D eigenvalue weighted by Gasteiger charge is 2.29. The predicted molar refractivity (Wildman–Crippen MR) is 137 cm³/mol. The summed E-state index contributed by atoms with van der Waals surface area (Å²) in [4.78, 5) is 21.2. The summed E-state index contributed by atoms with van der Waals surface area (Å²) in [5, 5.41) is 56.4. The van der Waals surface area contributed by atoms with Gasteiger partial charge in [-0.15, -0.1) is 0 Å². The summed E-state index contributed by atoms with van der Waals surface area (Å²) in [5.41, 5.74) is 1.52. The van der Waals surface area contributed by atoms with Crippen LogP contribution in [0, 0.1) is 0 Å². The fraction of sp³-hybridized carbons (Fsp3) is 0.214. The van der Waals surface area contributed by atoms with Gasteiger partial charge in [-0.05, 0) is 21.5 Å². The van der Waals surface area contributed by atoms with E-state index in [-0.39, 0.29) is 0 Å². The first kappa shape index (κ1) is 28.7. The van der Waals surface area contributed by atoms with E-state index >= 15 is 0 Å². The molecule has 0 bridgehead atoms. The number of fused-ring (bicyclic) bond motifs is 2. The summed E-state index contributed by atoms with van der Waals surface area (Å²) in [5.74, 6) is 0. The van der Waals surface area contributed by atoms with Crippen LogP contribution in [0.4, 0.5) is 0 Å². The molecule has 0 aliphatic heterocycles. The number of aliphatic hydroxyl groups is 6. The molecule has 0 aromatic heterocycles. The van der Waals surface area contributed by atoms with E-state index in [0.29, 0.717) is 0 Å². The van der Waals surface area contributed by atoms with Crippen molar-refractivity contribution in [2.24, 2.45) is 0 Å². The molecule has 6 N–H and O–H groups in total. The SMILES string of the molecule is O=Cc1cccc2ccccc12.O=Cc1cccc2ccccc12.OCC(O)C(O)C(O)C(O)CO. The lowest BCUT2D eigenvalue weighted by atomic mass is 10.0. The van der Waals surface area contributed by atoms with Crippen LogP contribution in [0.2, 0.25) is 0 Å². The van der Waals surface area contributed by atoms with Crippen molar-refractivity contribution < 1.29 is 40.2 Å². The van der Waals surface area contributed by atoms with Crippen molar-refractivity contribution in [1.29, 1.82) is 0 Å². The van der Waals surface area contributed by atoms with E-state index in [4.69, 9.17) is 30.6 Å². The van der Waals surface area contributed by atoms with Crippen molar-refractivity contribution in [3.8, 4) is 0 Å². The average molecular weight is 495 g/mol. The maximum absolute atomic E-state index is 10.6. The van der Waals surface area contributed by atoms with Crippen LogP contribution in [-0.4, -0.2) is 80.8 Å². The highest BCUT2D eigenvalue weighted by atomic mass is 16.4. The monoisotopic (exact) mass is 494 g/mol. The molecule has 0 fully saturated rings. The summed E-state index contributed by atoms with van der Waals surface area (Å²) in [6.45, 7) is -1.45. The second-order valence-electron chi connectivity index (χ2n) is 7.85. The third-order valence-electron chi connectivity index (χ3n) is 5.41. The first-order valence-corrected chi connectivity index (χ1v) is 11.2. The molecule has 0 amide bonds. The van der Waals surface area contributed by atoms with E-state index in [9.17, 15) is 9.59 Å². The Morgan fingerprint density at radius 1 is 0.528 bits per heavy atom. The largest absolute Gasteiger partial charge is 0.394 e. The van der Waals surface area contributed by atoms with Gasteiger partial charge in [0.25, 0.3) is 0 Å². The molecule has 36 heavy (non-hydrogen) atoms. The lowest BCUT2D eigenvalue weighted by molar-refractivity contribution is -0.123. The Hall–Kier alpha value is -3.50. The maximum Gasteiger partial charge on any atom is 0.150 e. The standard InChI is InChI=1S/2C11H8O.C6H14O6/c2*12-8-10-6-3-5-9-4-1-2-7-11(9)10;7-1-3(9)5(11)6(12)4(10)2-8/h2*1-8H;3-12H,1-2H2. The van der Waals surface area contributed by atoms with Gasteiger partial charge < -0.3 is 30.6 Å². The molecular formula is C28H30O8. The Kier molecular flexibility index (Phi) is 11.8. The van der Waals surface area contributed by atoms with E-state index in [0.717, 1.165) is 45.2 Å². The van der Waals surface area contributed by atoms with Gasteiger partial charge in [0.2, 0.25) is 0 Å². The zero-order chi connectivity index (χ0) is 26.5. The number of aldehydes is 2. The Bertz CT molecular complexity index is 1130. The lowest BCUT2D eigenvalue weighted by Gasteiger charge is -2.24. The molecule has 0 saturated heterocycles. The highest BCUT2D eigenvalue weighted by Crippen LogP contribution is 2.17. The minimum absolute atomic E-state index is 0.726. The first-order valence-electron chi connectivity index (χ1n) is 11.2. The molecule has 4 aromatic rings. The quantitative estimate of drug-likeness (QED) is 0.212. The van der Waals surface area contributed by atoms with Crippen molar-refractivity contribution in [3.05, 3.63) is 96.1 Å². The Morgan fingerprint density at radius 2 is 0.861 bits per heavy atom. The topological polar surface area (TPSA) is 156 Å². The van der Waals surface area contributed by atoms with Gasteiger partial charge in [0, 0.05) is 11.1 Å². The second-order valence-corrected chi connectivity index (χ2v) is 7.85. The number of carbonyl (C=O) groups is 2. The Balaban J connectivity index is 0.000000190. The van der Waals surface area contributed by atoms with Gasteiger partial charge in [-0.3, -0.25) is 9.59 Å². The number of carbonyl (C=O) groups excluding carboxylic acids is 2. The fourth-order valence-corrected chi connectivity index (χ4v) is 3.38. The molecule has 0 aliphatic rings. The Morgan fingerprint density at radius 3 is 1.19 bits per heavy atom. The molecule has 8 nitrogen and oxygen atoms in total. The smallest absolute Gasteiger partial charge is 0.150 e. The van der Waals surface area contributed by atoms with Gasteiger partial charge in [0.15, 0.2) is 12.6 Å². The Labute approximate surface area is 208 Å². The van der Waals surface area contributed by atoms with Crippen molar-refractivity contribution in [2.75, 3.05) is 13.2 Å². The van der Waals surface area contributed by atoms with Gasteiger partial charge in [-0.1, -0.05) is 84.9 Å². The molecule has 4 unspecified atom stereocenters. The number of aliphatic hydroxyl groups excluding tert-OH is 6. The van der Waals surface area contributed by atoms with Gasteiger partial charge in [-0.25, -0.2) is 0 Å². The fourth-order valence-electron chi connectivity index (χ4n) is 3.38. The molecule has 8 heteroatoms. The summed E-state index contributed by atoms with van der Waals surface area (Å²) < 4.78 is 0. The molecule has 4 aromatic carbocycles. The van der Waals surface area contributed by atoms with Crippen molar-refractivity contribution in [2.45, 2.75) is 24.4 Å². The molecule has 0 radical (unpaired) electrons. The van der Waals surface area contributed by atoms with Crippen LogP contribution in [0.3, 0.4) is 0 Å². The normalized spacial score (nSPS) is 13.8. The molecule has 0 spiro atoms. The summed E-state index contributed by atoms with van der Waals surface area (Å²) >= 11 is 0. The summed E-state index contributed by atoms with van der Waals surface area (Å²) in [6.07, 6.45) is -4.61. The van der Waals surface area contributed by atoms with Crippen LogP contribution in [0.15, 0.2) is 84.9 Å². The molecule has 0 heterocycles. The molecule has 4 rings (SSSR count). The lowest BCUT2D eigenvalue weighted by Crippen LogP contribution is -2.46. The van der Waals surface area contributed by atoms with E-state index in [2.05, 4.69) is 0 Å². The van der Waals surface area contributed by atoms with Crippen molar-refractivity contribution in [3.63, 3.8) is 0 Å². The zero-order valence-corrected chi connectivity index (χ0v) is 19.5. The predicted octanol–water partition coefficient (Wildman–Crippen LogP) is 1.72. The maximum atomic E-state index is 10.6. The van der Waals surface area contributed by atoms with E-state index < -0.39 is 37.6 Å². The summed E-state index contributed by atoms with van der Waals surface area (Å²) in [6, 6.07) is 27.2. The van der Waals surface area contributed by atoms with Crippen LogP contribution < -0.4 is 0 Å². The zero-order valence-electron chi connectivity index (χ0n) is 19.5. The molecule has 190 valence electrons. The first-order chi connectivity index (χ1) is 17.4. The summed E-state index contributed by atoms with van der Waals surface area (Å²) in [7, 11) is 0. The molecule has 0 aliphatic carbocycles. The number of benzene rings is 4. The van der Waals surface area contributed by atoms with Crippen molar-refractivity contribution >= 4 is 34.1 Å². The molecule has 4 atom stereocenters. The number of rotatable bonds is 7. The van der Waals surface area contributed by atoms with E-state index in [1.165, 1.54) is 0 Å². The van der Waals surface area contributed by atoms with E-state index in [1.54, 1.807) is 0 Å². The van der Waals surface area contributed by atoms with Crippen LogP contribution in [-0.2, 0) is 0 Å². The van der Waals surface area contributed by atoms with Gasteiger partial charge in [0.1, 0.15) is 24.4 Å². The van der Waals surface area contributed by atoms with Gasteiger partial charge in [0.05, 0.1) is 13.2 Å². The molecule has 0 saturated carbocycles. The highest BCUT2D eigenvalue weighted by molar-refractivity contribution is 5.98. The number of hydrogen-bond acceptors (Lipinski definition) is 8. The van der Waals surface area contributed by atoms with Crippen LogP contribution in [0.1, 0.15) is 20.7 Å². The van der Waals surface area contributed by atoms with Crippen LogP contribution in [0.5, 0.6) is 0 Å². The van der Waals surface area contributed by atoms with Crippen LogP contribution in [0.25, 0.3) is 21.5 Å². The second kappa shape index (κ2) is 14.8.